The van der Waals surface area contributed by atoms with Crippen molar-refractivity contribution < 1.29 is 8.78 Å². The van der Waals surface area contributed by atoms with Gasteiger partial charge in [-0.05, 0) is 35.2 Å². The normalized spacial score (nSPS) is 10.8. The summed E-state index contributed by atoms with van der Waals surface area (Å²) < 4.78 is 27.2. The molecule has 0 amide bonds. The fraction of sp³-hybridized carbons (Fsp3) is 0. The van der Waals surface area contributed by atoms with Gasteiger partial charge < -0.3 is 5.73 Å². The summed E-state index contributed by atoms with van der Waals surface area (Å²) in [6.45, 7) is 0. The molecule has 0 aliphatic carbocycles. The third-order valence-corrected chi connectivity index (χ3v) is 3.17. The minimum atomic E-state index is -0.461. The molecule has 0 saturated heterocycles. The number of nitrogen functional groups attached to an aromatic ring is 1. The number of hydrogen-bond acceptors (Lipinski definition) is 1. The lowest BCUT2D eigenvalue weighted by molar-refractivity contribution is 0.603. The Morgan fingerprint density at radius 3 is 2.32 bits per heavy atom. The zero-order valence-corrected chi connectivity index (χ0v) is 10.0. The third-order valence-electron chi connectivity index (χ3n) is 3.17. The molecule has 0 saturated carbocycles. The monoisotopic (exact) mass is 255 g/mol. The first-order chi connectivity index (χ1) is 9.16. The summed E-state index contributed by atoms with van der Waals surface area (Å²) in [6.07, 6.45) is 0. The molecule has 0 atom stereocenters. The van der Waals surface area contributed by atoms with Gasteiger partial charge in [-0.15, -0.1) is 0 Å². The Bertz CT molecular complexity index is 766. The van der Waals surface area contributed by atoms with Crippen LogP contribution in [0.15, 0.2) is 54.6 Å². The van der Waals surface area contributed by atoms with E-state index in [2.05, 4.69) is 0 Å². The van der Waals surface area contributed by atoms with E-state index in [-0.39, 0.29) is 5.56 Å². The maximum atomic E-state index is 13.9. The smallest absolute Gasteiger partial charge is 0.131 e. The Balaban J connectivity index is 2.37. The second-order valence-corrected chi connectivity index (χ2v) is 4.37. The first kappa shape index (κ1) is 11.7. The van der Waals surface area contributed by atoms with Crippen molar-refractivity contribution in [2.24, 2.45) is 0 Å². The van der Waals surface area contributed by atoms with Gasteiger partial charge in [-0.1, -0.05) is 30.3 Å². The topological polar surface area (TPSA) is 26.0 Å². The van der Waals surface area contributed by atoms with Gasteiger partial charge in [0, 0.05) is 16.6 Å². The number of benzene rings is 3. The Labute approximate surface area is 109 Å². The predicted molar refractivity (Wildman–Crippen MR) is 73.7 cm³/mol. The number of nitrogens with two attached hydrogens (primary N) is 1. The van der Waals surface area contributed by atoms with E-state index < -0.39 is 11.6 Å². The lowest BCUT2D eigenvalue weighted by Crippen LogP contribution is -1.90. The van der Waals surface area contributed by atoms with Crippen molar-refractivity contribution in [3.05, 3.63) is 66.2 Å². The lowest BCUT2D eigenvalue weighted by Gasteiger charge is -2.09. The highest BCUT2D eigenvalue weighted by molar-refractivity contribution is 6.02. The Hall–Kier alpha value is -2.42. The van der Waals surface area contributed by atoms with Crippen molar-refractivity contribution in [1.29, 1.82) is 0 Å². The first-order valence-electron chi connectivity index (χ1n) is 5.89. The summed E-state index contributed by atoms with van der Waals surface area (Å²) in [4.78, 5) is 0. The number of hydrogen-bond donors (Lipinski definition) is 1. The van der Waals surface area contributed by atoms with E-state index in [4.69, 9.17) is 5.73 Å². The summed E-state index contributed by atoms with van der Waals surface area (Å²) in [6, 6.07) is 14.3. The second-order valence-electron chi connectivity index (χ2n) is 4.37. The van der Waals surface area contributed by atoms with Crippen LogP contribution < -0.4 is 5.73 Å². The van der Waals surface area contributed by atoms with Crippen LogP contribution >= 0.6 is 0 Å². The molecule has 0 heterocycles. The lowest BCUT2D eigenvalue weighted by atomic mass is 9.97. The summed E-state index contributed by atoms with van der Waals surface area (Å²) in [7, 11) is 0. The molecule has 3 heteroatoms. The molecule has 0 aliphatic rings. The van der Waals surface area contributed by atoms with Crippen molar-refractivity contribution >= 4 is 16.5 Å². The SMILES string of the molecule is Nc1cccc2c(-c3cc(F)ccc3F)cccc12. The molecule has 0 aliphatic heterocycles. The summed E-state index contributed by atoms with van der Waals surface area (Å²) in [5.74, 6) is -0.909. The molecule has 1 nitrogen and oxygen atoms in total. The molecule has 0 spiro atoms. The Morgan fingerprint density at radius 2 is 1.47 bits per heavy atom. The van der Waals surface area contributed by atoms with Crippen LogP contribution in [0, 0.1) is 11.6 Å². The summed E-state index contributed by atoms with van der Waals surface area (Å²) >= 11 is 0. The average Bonchev–Trinajstić information content (AvgIpc) is 2.42. The van der Waals surface area contributed by atoms with Gasteiger partial charge in [0.05, 0.1) is 0 Å². The van der Waals surface area contributed by atoms with Crippen molar-refractivity contribution in [1.82, 2.24) is 0 Å². The van der Waals surface area contributed by atoms with E-state index in [1.807, 2.05) is 12.1 Å². The molecule has 0 unspecified atom stereocenters. The van der Waals surface area contributed by atoms with E-state index in [0.717, 1.165) is 22.9 Å². The van der Waals surface area contributed by atoms with Crippen LogP contribution in [0.25, 0.3) is 21.9 Å². The quantitative estimate of drug-likeness (QED) is 0.642. The van der Waals surface area contributed by atoms with Crippen LogP contribution in [0.3, 0.4) is 0 Å². The molecule has 0 bridgehead atoms. The maximum Gasteiger partial charge on any atom is 0.131 e. The fourth-order valence-electron chi connectivity index (χ4n) is 2.27. The molecular formula is C16H11F2N. The summed E-state index contributed by atoms with van der Waals surface area (Å²) in [5, 5.41) is 1.65. The van der Waals surface area contributed by atoms with Crippen molar-refractivity contribution in [2.45, 2.75) is 0 Å². The van der Waals surface area contributed by atoms with Crippen LogP contribution in [0.2, 0.25) is 0 Å². The van der Waals surface area contributed by atoms with E-state index >= 15 is 0 Å². The first-order valence-corrected chi connectivity index (χ1v) is 5.89. The van der Waals surface area contributed by atoms with E-state index in [9.17, 15) is 8.78 Å². The number of anilines is 1. The Kier molecular flexibility index (Phi) is 2.67. The molecule has 3 aromatic rings. The van der Waals surface area contributed by atoms with Crippen LogP contribution in [0.5, 0.6) is 0 Å². The largest absolute Gasteiger partial charge is 0.398 e. The summed E-state index contributed by atoms with van der Waals surface area (Å²) in [5.41, 5.74) is 7.41. The molecular weight excluding hydrogens is 244 g/mol. The highest BCUT2D eigenvalue weighted by Gasteiger charge is 2.10. The maximum absolute atomic E-state index is 13.9. The molecule has 3 aromatic carbocycles. The van der Waals surface area contributed by atoms with E-state index in [1.54, 1.807) is 24.3 Å². The van der Waals surface area contributed by atoms with Crippen LogP contribution in [0.4, 0.5) is 14.5 Å². The average molecular weight is 255 g/mol. The van der Waals surface area contributed by atoms with Gasteiger partial charge in [0.1, 0.15) is 11.6 Å². The van der Waals surface area contributed by atoms with Gasteiger partial charge in [-0.2, -0.15) is 0 Å². The number of halogens is 2. The van der Waals surface area contributed by atoms with Crippen molar-refractivity contribution in [2.75, 3.05) is 5.73 Å². The Morgan fingerprint density at radius 1 is 0.737 bits per heavy atom. The molecule has 0 radical (unpaired) electrons. The van der Waals surface area contributed by atoms with Crippen molar-refractivity contribution in [3.63, 3.8) is 0 Å². The van der Waals surface area contributed by atoms with Gasteiger partial charge in [0.15, 0.2) is 0 Å². The zero-order valence-electron chi connectivity index (χ0n) is 10.0. The second kappa shape index (κ2) is 4.35. The standard InChI is InChI=1S/C16H11F2N/c17-10-7-8-15(18)14(9-10)12-3-1-5-13-11(12)4-2-6-16(13)19/h1-9H,19H2. The number of rotatable bonds is 1. The van der Waals surface area contributed by atoms with Crippen LogP contribution in [-0.4, -0.2) is 0 Å². The van der Waals surface area contributed by atoms with Gasteiger partial charge in [-0.3, -0.25) is 0 Å². The van der Waals surface area contributed by atoms with Gasteiger partial charge in [0.25, 0.3) is 0 Å². The van der Waals surface area contributed by atoms with Gasteiger partial charge in [-0.25, -0.2) is 8.78 Å². The molecule has 3 rings (SSSR count). The molecule has 0 fully saturated rings. The number of fused-ring (bicyclic) bond motifs is 1. The van der Waals surface area contributed by atoms with E-state index in [1.165, 1.54) is 6.07 Å². The predicted octanol–water partition coefficient (Wildman–Crippen LogP) is 4.37. The van der Waals surface area contributed by atoms with Gasteiger partial charge >= 0.3 is 0 Å². The molecule has 2 N–H and O–H groups in total. The molecule has 0 aromatic heterocycles. The van der Waals surface area contributed by atoms with Crippen LogP contribution in [-0.2, 0) is 0 Å². The minimum Gasteiger partial charge on any atom is -0.398 e. The third kappa shape index (κ3) is 1.93. The minimum absolute atomic E-state index is 0.246. The highest BCUT2D eigenvalue weighted by Crippen LogP contribution is 2.33. The van der Waals surface area contributed by atoms with E-state index in [0.29, 0.717) is 11.3 Å². The van der Waals surface area contributed by atoms with Crippen LogP contribution in [0.1, 0.15) is 0 Å². The zero-order chi connectivity index (χ0) is 13.4. The fourth-order valence-corrected chi connectivity index (χ4v) is 2.27. The van der Waals surface area contributed by atoms with Gasteiger partial charge in [0.2, 0.25) is 0 Å². The molecule has 19 heavy (non-hydrogen) atoms. The molecule has 94 valence electrons. The van der Waals surface area contributed by atoms with Crippen molar-refractivity contribution in [3.8, 4) is 11.1 Å². The highest BCUT2D eigenvalue weighted by atomic mass is 19.1.